The standard InChI is InChI=1S/C20H28FN3O4/c1-3-28-20(27)24-14-12-23(13-15-24)19(26)9-11-22(16(2)25)10-8-17-4-6-18(21)7-5-17/h4-7H,3,8-15H2,1-2H3. The lowest BCUT2D eigenvalue weighted by molar-refractivity contribution is -0.134. The third-order valence-electron chi connectivity index (χ3n) is 4.78. The van der Waals surface area contributed by atoms with Gasteiger partial charge in [0.15, 0.2) is 0 Å². The molecule has 1 aromatic rings. The van der Waals surface area contributed by atoms with Crippen molar-refractivity contribution in [2.45, 2.75) is 26.7 Å². The Morgan fingerprint density at radius 1 is 1.04 bits per heavy atom. The fraction of sp³-hybridized carbons (Fsp3) is 0.550. The van der Waals surface area contributed by atoms with Crippen molar-refractivity contribution in [3.05, 3.63) is 35.6 Å². The highest BCUT2D eigenvalue weighted by molar-refractivity contribution is 5.78. The Hall–Kier alpha value is -2.64. The van der Waals surface area contributed by atoms with E-state index in [1.54, 1.807) is 33.8 Å². The van der Waals surface area contributed by atoms with Gasteiger partial charge in [0.25, 0.3) is 0 Å². The number of hydrogen-bond donors (Lipinski definition) is 0. The Kier molecular flexibility index (Phi) is 8.22. The Morgan fingerprint density at radius 3 is 2.21 bits per heavy atom. The molecule has 2 rings (SSSR count). The molecule has 0 bridgehead atoms. The first-order valence-electron chi connectivity index (χ1n) is 9.60. The molecular formula is C20H28FN3O4. The van der Waals surface area contributed by atoms with Gasteiger partial charge in [0.2, 0.25) is 11.8 Å². The van der Waals surface area contributed by atoms with Crippen LogP contribution in [0.2, 0.25) is 0 Å². The highest BCUT2D eigenvalue weighted by Crippen LogP contribution is 2.08. The number of amides is 3. The van der Waals surface area contributed by atoms with Crippen LogP contribution in [0, 0.1) is 5.82 Å². The molecule has 0 spiro atoms. The van der Waals surface area contributed by atoms with Crippen molar-refractivity contribution in [1.82, 2.24) is 14.7 Å². The van der Waals surface area contributed by atoms with Gasteiger partial charge in [0.05, 0.1) is 6.61 Å². The van der Waals surface area contributed by atoms with Gasteiger partial charge in [0, 0.05) is 52.6 Å². The molecule has 0 saturated carbocycles. The van der Waals surface area contributed by atoms with Gasteiger partial charge in [0.1, 0.15) is 5.82 Å². The molecule has 0 N–H and O–H groups in total. The number of rotatable bonds is 7. The first kappa shape index (κ1) is 21.7. The van der Waals surface area contributed by atoms with Gasteiger partial charge < -0.3 is 19.4 Å². The summed E-state index contributed by atoms with van der Waals surface area (Å²) in [4.78, 5) is 41.0. The summed E-state index contributed by atoms with van der Waals surface area (Å²) in [5, 5.41) is 0. The summed E-state index contributed by atoms with van der Waals surface area (Å²) in [6.45, 7) is 6.22. The Labute approximate surface area is 165 Å². The van der Waals surface area contributed by atoms with Gasteiger partial charge in [-0.1, -0.05) is 12.1 Å². The minimum atomic E-state index is -0.349. The van der Waals surface area contributed by atoms with Crippen molar-refractivity contribution in [3.8, 4) is 0 Å². The molecule has 1 heterocycles. The van der Waals surface area contributed by atoms with Crippen molar-refractivity contribution < 1.29 is 23.5 Å². The molecule has 8 heteroatoms. The molecule has 7 nitrogen and oxygen atoms in total. The molecular weight excluding hydrogens is 365 g/mol. The van der Waals surface area contributed by atoms with Crippen LogP contribution in [-0.2, 0) is 20.7 Å². The minimum Gasteiger partial charge on any atom is -0.450 e. The van der Waals surface area contributed by atoms with E-state index in [0.717, 1.165) is 5.56 Å². The number of benzene rings is 1. The van der Waals surface area contributed by atoms with Crippen LogP contribution < -0.4 is 0 Å². The van der Waals surface area contributed by atoms with Crippen LogP contribution >= 0.6 is 0 Å². The van der Waals surface area contributed by atoms with Crippen LogP contribution in [0.3, 0.4) is 0 Å². The summed E-state index contributed by atoms with van der Waals surface area (Å²) in [6, 6.07) is 6.18. The minimum absolute atomic E-state index is 0.0310. The first-order valence-corrected chi connectivity index (χ1v) is 9.60. The van der Waals surface area contributed by atoms with E-state index >= 15 is 0 Å². The van der Waals surface area contributed by atoms with Gasteiger partial charge in [-0.2, -0.15) is 0 Å². The van der Waals surface area contributed by atoms with E-state index in [9.17, 15) is 18.8 Å². The molecule has 0 aliphatic carbocycles. The molecule has 28 heavy (non-hydrogen) atoms. The largest absolute Gasteiger partial charge is 0.450 e. The van der Waals surface area contributed by atoms with Crippen LogP contribution in [-0.4, -0.2) is 78.5 Å². The van der Waals surface area contributed by atoms with Crippen molar-refractivity contribution in [1.29, 1.82) is 0 Å². The normalized spacial score (nSPS) is 14.0. The van der Waals surface area contributed by atoms with Crippen molar-refractivity contribution in [2.75, 3.05) is 45.9 Å². The quantitative estimate of drug-likeness (QED) is 0.710. The predicted molar refractivity (Wildman–Crippen MR) is 102 cm³/mol. The zero-order valence-electron chi connectivity index (χ0n) is 16.5. The van der Waals surface area contributed by atoms with Crippen molar-refractivity contribution in [3.63, 3.8) is 0 Å². The average molecular weight is 393 g/mol. The fourth-order valence-electron chi connectivity index (χ4n) is 3.08. The van der Waals surface area contributed by atoms with Crippen LogP contribution in [0.4, 0.5) is 9.18 Å². The number of ether oxygens (including phenoxy) is 1. The average Bonchev–Trinajstić information content (AvgIpc) is 2.69. The molecule has 1 aromatic carbocycles. The second-order valence-corrected chi connectivity index (χ2v) is 6.70. The van der Waals surface area contributed by atoms with E-state index in [1.807, 2.05) is 0 Å². The lowest BCUT2D eigenvalue weighted by Gasteiger charge is -2.34. The molecule has 1 aliphatic rings. The summed E-state index contributed by atoms with van der Waals surface area (Å²) < 4.78 is 17.9. The summed E-state index contributed by atoms with van der Waals surface area (Å²) in [5.74, 6) is -0.417. The second-order valence-electron chi connectivity index (χ2n) is 6.70. The van der Waals surface area contributed by atoms with Gasteiger partial charge in [-0.25, -0.2) is 9.18 Å². The van der Waals surface area contributed by atoms with Crippen LogP contribution in [0.5, 0.6) is 0 Å². The maximum absolute atomic E-state index is 13.0. The van der Waals surface area contributed by atoms with Crippen LogP contribution in [0.15, 0.2) is 24.3 Å². The van der Waals surface area contributed by atoms with Crippen LogP contribution in [0.25, 0.3) is 0 Å². The van der Waals surface area contributed by atoms with Crippen molar-refractivity contribution in [2.24, 2.45) is 0 Å². The SMILES string of the molecule is CCOC(=O)N1CCN(C(=O)CCN(CCc2ccc(F)cc2)C(C)=O)CC1. The Bertz CT molecular complexity index is 673. The maximum atomic E-state index is 13.0. The number of hydrogen-bond acceptors (Lipinski definition) is 4. The van der Waals surface area contributed by atoms with Gasteiger partial charge in [-0.15, -0.1) is 0 Å². The zero-order chi connectivity index (χ0) is 20.5. The number of halogens is 1. The molecule has 0 unspecified atom stereocenters. The van der Waals surface area contributed by atoms with E-state index in [4.69, 9.17) is 4.74 Å². The first-order chi connectivity index (χ1) is 13.4. The number of piperazine rings is 1. The number of carbonyl (C=O) groups excluding carboxylic acids is 3. The van der Waals surface area contributed by atoms with Gasteiger partial charge in [-0.3, -0.25) is 9.59 Å². The third-order valence-corrected chi connectivity index (χ3v) is 4.78. The maximum Gasteiger partial charge on any atom is 0.409 e. The summed E-state index contributed by atoms with van der Waals surface area (Å²) in [6.07, 6.45) is 0.493. The van der Waals surface area contributed by atoms with E-state index in [2.05, 4.69) is 0 Å². The molecule has 3 amide bonds. The predicted octanol–water partition coefficient (Wildman–Crippen LogP) is 1.91. The van der Waals surface area contributed by atoms with Crippen LogP contribution in [0.1, 0.15) is 25.8 Å². The number of nitrogens with zero attached hydrogens (tertiary/aromatic N) is 3. The van der Waals surface area contributed by atoms with E-state index in [-0.39, 0.29) is 30.1 Å². The molecule has 0 radical (unpaired) electrons. The Morgan fingerprint density at radius 2 is 1.64 bits per heavy atom. The summed E-state index contributed by atoms with van der Waals surface area (Å²) >= 11 is 0. The molecule has 0 aromatic heterocycles. The molecule has 1 fully saturated rings. The smallest absolute Gasteiger partial charge is 0.409 e. The molecule has 1 saturated heterocycles. The highest BCUT2D eigenvalue weighted by atomic mass is 19.1. The third kappa shape index (κ3) is 6.51. The fourth-order valence-corrected chi connectivity index (χ4v) is 3.08. The Balaban J connectivity index is 1.76. The molecule has 0 atom stereocenters. The lowest BCUT2D eigenvalue weighted by Crippen LogP contribution is -2.51. The highest BCUT2D eigenvalue weighted by Gasteiger charge is 2.25. The van der Waals surface area contributed by atoms with Crippen molar-refractivity contribution >= 4 is 17.9 Å². The van der Waals surface area contributed by atoms with E-state index in [0.29, 0.717) is 52.3 Å². The lowest BCUT2D eigenvalue weighted by atomic mass is 10.1. The monoisotopic (exact) mass is 393 g/mol. The second kappa shape index (κ2) is 10.6. The summed E-state index contributed by atoms with van der Waals surface area (Å²) in [7, 11) is 0. The van der Waals surface area contributed by atoms with E-state index in [1.165, 1.54) is 19.1 Å². The van der Waals surface area contributed by atoms with E-state index < -0.39 is 0 Å². The van der Waals surface area contributed by atoms with Gasteiger partial charge >= 0.3 is 6.09 Å². The topological polar surface area (TPSA) is 70.2 Å². The number of carbonyl (C=O) groups is 3. The summed E-state index contributed by atoms with van der Waals surface area (Å²) in [5.41, 5.74) is 0.939. The van der Waals surface area contributed by atoms with Gasteiger partial charge in [-0.05, 0) is 31.0 Å². The molecule has 154 valence electrons. The zero-order valence-corrected chi connectivity index (χ0v) is 16.5. The molecule has 1 aliphatic heterocycles.